The van der Waals surface area contributed by atoms with Crippen LogP contribution < -0.4 is 10.1 Å². The van der Waals surface area contributed by atoms with Gasteiger partial charge in [-0.2, -0.15) is 10.2 Å². The molecule has 1 aliphatic rings. The molecule has 1 unspecified atom stereocenters. The molecule has 4 rings (SSSR count). The number of aromatic nitrogens is 5. The first kappa shape index (κ1) is 24.0. The van der Waals surface area contributed by atoms with E-state index in [0.717, 1.165) is 35.9 Å². The van der Waals surface area contributed by atoms with E-state index in [1.165, 1.54) is 0 Å². The van der Waals surface area contributed by atoms with E-state index in [2.05, 4.69) is 37.4 Å². The maximum atomic E-state index is 5.95. The van der Waals surface area contributed by atoms with E-state index in [4.69, 9.17) is 14.5 Å². The molecule has 32 heavy (non-hydrogen) atoms. The quantitative estimate of drug-likeness (QED) is 0.275. The Morgan fingerprint density at radius 3 is 2.84 bits per heavy atom. The average Bonchev–Trinajstić information content (AvgIpc) is 3.46. The molecule has 0 spiro atoms. The molecule has 10 nitrogen and oxygen atoms in total. The number of benzene rings is 1. The Labute approximate surface area is 204 Å². The number of nitrogens with one attached hydrogen (secondary N) is 2. The van der Waals surface area contributed by atoms with E-state index in [-0.39, 0.29) is 30.1 Å². The van der Waals surface area contributed by atoms with Crippen molar-refractivity contribution in [3.63, 3.8) is 0 Å². The van der Waals surface area contributed by atoms with Crippen molar-refractivity contribution in [2.24, 2.45) is 12.0 Å². The van der Waals surface area contributed by atoms with Gasteiger partial charge in [-0.05, 0) is 31.2 Å². The zero-order chi connectivity index (χ0) is 21.6. The number of ether oxygens (including phenoxy) is 2. The van der Waals surface area contributed by atoms with Crippen LogP contribution in [-0.2, 0) is 18.3 Å². The normalized spacial score (nSPS) is 16.5. The van der Waals surface area contributed by atoms with Gasteiger partial charge in [0.1, 0.15) is 24.2 Å². The molecule has 0 aliphatic carbocycles. The molecule has 1 saturated heterocycles. The fraction of sp³-hybridized carbons (Fsp3) is 0.429. The summed E-state index contributed by atoms with van der Waals surface area (Å²) in [6.07, 6.45) is 3.82. The lowest BCUT2D eigenvalue weighted by atomic mass is 10.1. The fourth-order valence-electron chi connectivity index (χ4n) is 3.46. The number of methoxy groups -OCH3 is 1. The Bertz CT molecular complexity index is 1020. The molecule has 3 aromatic rings. The molecule has 172 valence electrons. The van der Waals surface area contributed by atoms with Crippen molar-refractivity contribution in [2.45, 2.75) is 19.6 Å². The third-order valence-electron chi connectivity index (χ3n) is 5.06. The summed E-state index contributed by atoms with van der Waals surface area (Å²) >= 11 is 0. The first-order chi connectivity index (χ1) is 15.2. The Hall–Kier alpha value is -2.67. The molecular formula is C21H29IN8O2. The van der Waals surface area contributed by atoms with Gasteiger partial charge in [0.05, 0.1) is 26.5 Å². The summed E-state index contributed by atoms with van der Waals surface area (Å²) in [4.78, 5) is 11.6. The van der Waals surface area contributed by atoms with Gasteiger partial charge >= 0.3 is 0 Å². The molecule has 0 amide bonds. The topological polar surface area (TPSA) is 105 Å². The van der Waals surface area contributed by atoms with E-state index >= 15 is 0 Å². The first-order valence-electron chi connectivity index (χ1n) is 10.4. The highest BCUT2D eigenvalue weighted by atomic mass is 127. The maximum absolute atomic E-state index is 5.95. The first-order valence-corrected chi connectivity index (χ1v) is 10.4. The van der Waals surface area contributed by atoms with Crippen molar-refractivity contribution in [2.75, 3.05) is 33.4 Å². The minimum Gasteiger partial charge on any atom is -0.497 e. The van der Waals surface area contributed by atoms with Crippen LogP contribution in [0.1, 0.15) is 24.4 Å². The minimum atomic E-state index is -0.0294. The molecule has 0 saturated carbocycles. The van der Waals surface area contributed by atoms with Crippen LogP contribution >= 0.6 is 24.0 Å². The van der Waals surface area contributed by atoms with E-state index in [1.807, 2.05) is 43.7 Å². The van der Waals surface area contributed by atoms with E-state index in [1.54, 1.807) is 11.8 Å². The standard InChI is InChI=1S/C21H28N8O2.HI/c1-4-22-21(29-9-10-31-18(14-29)16-11-24-28(2)13-16)23-12-19-25-20(27-26-19)15-5-7-17(30-3)8-6-15;/h5-8,11,13,18H,4,9-10,12,14H2,1-3H3,(H,22,23)(H,25,26,27);1H. The molecule has 1 atom stereocenters. The van der Waals surface area contributed by atoms with Gasteiger partial charge in [-0.1, -0.05) is 0 Å². The molecule has 1 fully saturated rings. The van der Waals surface area contributed by atoms with Crippen molar-refractivity contribution in [3.05, 3.63) is 48.0 Å². The number of aromatic amines is 1. The number of aryl methyl sites for hydroxylation is 1. The molecule has 2 N–H and O–H groups in total. The number of hydrogen-bond donors (Lipinski definition) is 2. The Morgan fingerprint density at radius 2 is 2.16 bits per heavy atom. The van der Waals surface area contributed by atoms with Gasteiger partial charge in [0.15, 0.2) is 11.8 Å². The van der Waals surface area contributed by atoms with Crippen LogP contribution in [0, 0.1) is 0 Å². The minimum absolute atomic E-state index is 0. The van der Waals surface area contributed by atoms with E-state index in [9.17, 15) is 0 Å². The molecular weight excluding hydrogens is 523 g/mol. The van der Waals surface area contributed by atoms with Crippen LogP contribution in [0.2, 0.25) is 0 Å². The Morgan fingerprint density at radius 1 is 1.34 bits per heavy atom. The molecule has 11 heteroatoms. The van der Waals surface area contributed by atoms with Crippen molar-refractivity contribution < 1.29 is 9.47 Å². The molecule has 0 radical (unpaired) electrons. The fourth-order valence-corrected chi connectivity index (χ4v) is 3.46. The predicted octanol–water partition coefficient (Wildman–Crippen LogP) is 2.37. The highest BCUT2D eigenvalue weighted by Crippen LogP contribution is 2.22. The van der Waals surface area contributed by atoms with Gasteiger partial charge in [-0.3, -0.25) is 9.78 Å². The number of morpholine rings is 1. The largest absolute Gasteiger partial charge is 0.497 e. The van der Waals surface area contributed by atoms with Crippen molar-refractivity contribution in [1.29, 1.82) is 0 Å². The zero-order valence-corrected chi connectivity index (χ0v) is 20.8. The van der Waals surface area contributed by atoms with Crippen LogP contribution in [0.25, 0.3) is 11.4 Å². The van der Waals surface area contributed by atoms with Gasteiger partial charge < -0.3 is 19.7 Å². The monoisotopic (exact) mass is 552 g/mol. The van der Waals surface area contributed by atoms with Crippen LogP contribution in [0.5, 0.6) is 5.75 Å². The number of nitrogens with zero attached hydrogens (tertiary/aromatic N) is 6. The molecule has 3 heterocycles. The Balaban J connectivity index is 0.00000289. The zero-order valence-electron chi connectivity index (χ0n) is 18.5. The number of hydrogen-bond acceptors (Lipinski definition) is 6. The lowest BCUT2D eigenvalue weighted by molar-refractivity contribution is -0.00805. The summed E-state index contributed by atoms with van der Waals surface area (Å²) in [6.45, 7) is 5.36. The molecule has 2 aromatic heterocycles. The summed E-state index contributed by atoms with van der Waals surface area (Å²) in [5.74, 6) is 2.98. The summed E-state index contributed by atoms with van der Waals surface area (Å²) in [7, 11) is 3.56. The van der Waals surface area contributed by atoms with Crippen LogP contribution in [0.3, 0.4) is 0 Å². The smallest absolute Gasteiger partial charge is 0.194 e. The lowest BCUT2D eigenvalue weighted by Crippen LogP contribution is -2.48. The lowest BCUT2D eigenvalue weighted by Gasteiger charge is -2.34. The SMILES string of the molecule is CCNC(=NCc1nc(-c2ccc(OC)cc2)n[nH]1)N1CCOC(c2cnn(C)c2)C1.I. The van der Waals surface area contributed by atoms with E-state index in [0.29, 0.717) is 31.3 Å². The van der Waals surface area contributed by atoms with Gasteiger partial charge in [0.25, 0.3) is 0 Å². The second-order valence-corrected chi connectivity index (χ2v) is 7.26. The van der Waals surface area contributed by atoms with Crippen molar-refractivity contribution in [1.82, 2.24) is 35.2 Å². The van der Waals surface area contributed by atoms with Crippen molar-refractivity contribution >= 4 is 29.9 Å². The summed E-state index contributed by atoms with van der Waals surface area (Å²) < 4.78 is 12.9. The second-order valence-electron chi connectivity index (χ2n) is 7.26. The maximum Gasteiger partial charge on any atom is 0.194 e. The third-order valence-corrected chi connectivity index (χ3v) is 5.06. The number of aliphatic imine (C=N–C) groups is 1. The molecule has 1 aromatic carbocycles. The Kier molecular flexibility index (Phi) is 8.45. The highest BCUT2D eigenvalue weighted by Gasteiger charge is 2.25. The number of halogens is 1. The summed E-state index contributed by atoms with van der Waals surface area (Å²) in [5.41, 5.74) is 1.99. The second kappa shape index (κ2) is 11.3. The van der Waals surface area contributed by atoms with Crippen LogP contribution in [0.15, 0.2) is 41.7 Å². The number of rotatable bonds is 6. The summed E-state index contributed by atoms with van der Waals surface area (Å²) in [5, 5.41) is 14.9. The number of H-pyrrole nitrogens is 1. The van der Waals surface area contributed by atoms with Crippen molar-refractivity contribution in [3.8, 4) is 17.1 Å². The highest BCUT2D eigenvalue weighted by molar-refractivity contribution is 14.0. The molecule has 1 aliphatic heterocycles. The van der Waals surface area contributed by atoms with Gasteiger partial charge in [0.2, 0.25) is 0 Å². The van der Waals surface area contributed by atoms with E-state index < -0.39 is 0 Å². The number of guanidine groups is 1. The molecule has 0 bridgehead atoms. The average molecular weight is 552 g/mol. The van der Waals surface area contributed by atoms with Gasteiger partial charge in [-0.15, -0.1) is 24.0 Å². The van der Waals surface area contributed by atoms with Gasteiger partial charge in [0, 0.05) is 37.5 Å². The third kappa shape index (κ3) is 5.76. The van der Waals surface area contributed by atoms with Crippen LogP contribution in [0.4, 0.5) is 0 Å². The van der Waals surface area contributed by atoms with Gasteiger partial charge in [-0.25, -0.2) is 9.98 Å². The van der Waals surface area contributed by atoms with Crippen LogP contribution in [-0.4, -0.2) is 69.2 Å². The summed E-state index contributed by atoms with van der Waals surface area (Å²) in [6, 6.07) is 7.66. The predicted molar refractivity (Wildman–Crippen MR) is 132 cm³/mol.